The van der Waals surface area contributed by atoms with Crippen molar-refractivity contribution < 1.29 is 4.79 Å². The summed E-state index contributed by atoms with van der Waals surface area (Å²) >= 11 is 0. The van der Waals surface area contributed by atoms with E-state index in [0.29, 0.717) is 18.5 Å². The molecule has 2 N–H and O–H groups in total. The van der Waals surface area contributed by atoms with Crippen molar-refractivity contribution in [2.45, 2.75) is 57.9 Å². The van der Waals surface area contributed by atoms with Crippen molar-refractivity contribution >= 4 is 5.91 Å². The molecule has 1 saturated carbocycles. The van der Waals surface area contributed by atoms with E-state index in [4.69, 9.17) is 5.73 Å². The lowest BCUT2D eigenvalue weighted by molar-refractivity contribution is 0.0680. The third-order valence-electron chi connectivity index (χ3n) is 4.45. The van der Waals surface area contributed by atoms with Crippen LogP contribution in [-0.4, -0.2) is 29.9 Å². The van der Waals surface area contributed by atoms with Crippen LogP contribution in [0.15, 0.2) is 24.3 Å². The summed E-state index contributed by atoms with van der Waals surface area (Å²) < 4.78 is 0. The molecule has 0 bridgehead atoms. The van der Waals surface area contributed by atoms with Crippen LogP contribution >= 0.6 is 0 Å². The molecule has 0 aliphatic heterocycles. The minimum atomic E-state index is 0.172. The molecule has 1 aromatic rings. The fourth-order valence-corrected chi connectivity index (χ4v) is 3.10. The van der Waals surface area contributed by atoms with Gasteiger partial charge in [0.05, 0.1) is 0 Å². The standard InChI is InChI=1S/C18H28N2O/c1-14(2)15-8-10-16(11-9-15)18(21)20(13-5-12-19)17-6-3-4-7-17/h8-11,14,17H,3-7,12-13,19H2,1-2H3. The van der Waals surface area contributed by atoms with Gasteiger partial charge in [0, 0.05) is 18.2 Å². The number of hydrogen-bond acceptors (Lipinski definition) is 2. The minimum Gasteiger partial charge on any atom is -0.336 e. The van der Waals surface area contributed by atoms with E-state index in [0.717, 1.165) is 31.4 Å². The van der Waals surface area contributed by atoms with E-state index in [2.05, 4.69) is 30.9 Å². The summed E-state index contributed by atoms with van der Waals surface area (Å²) in [5, 5.41) is 0. The zero-order valence-corrected chi connectivity index (χ0v) is 13.3. The highest BCUT2D eigenvalue weighted by molar-refractivity contribution is 5.94. The second kappa shape index (κ2) is 7.60. The third kappa shape index (κ3) is 4.07. The Hall–Kier alpha value is -1.35. The topological polar surface area (TPSA) is 46.3 Å². The van der Waals surface area contributed by atoms with E-state index in [1.807, 2.05) is 12.1 Å². The van der Waals surface area contributed by atoms with Gasteiger partial charge in [-0.1, -0.05) is 38.8 Å². The number of carbonyl (C=O) groups is 1. The Morgan fingerprint density at radius 2 is 1.86 bits per heavy atom. The molecular weight excluding hydrogens is 260 g/mol. The first-order chi connectivity index (χ1) is 10.1. The van der Waals surface area contributed by atoms with Crippen LogP contribution in [0.3, 0.4) is 0 Å². The van der Waals surface area contributed by atoms with Crippen molar-refractivity contribution in [2.75, 3.05) is 13.1 Å². The van der Waals surface area contributed by atoms with Gasteiger partial charge >= 0.3 is 0 Å². The predicted octanol–water partition coefficient (Wildman–Crippen LogP) is 3.54. The van der Waals surface area contributed by atoms with Crippen LogP contribution < -0.4 is 5.73 Å². The Kier molecular flexibility index (Phi) is 5.80. The van der Waals surface area contributed by atoms with Crippen molar-refractivity contribution in [3.63, 3.8) is 0 Å². The molecule has 21 heavy (non-hydrogen) atoms. The minimum absolute atomic E-state index is 0.172. The van der Waals surface area contributed by atoms with Gasteiger partial charge in [0.2, 0.25) is 0 Å². The first-order valence-electron chi connectivity index (χ1n) is 8.24. The van der Waals surface area contributed by atoms with Crippen LogP contribution in [0.2, 0.25) is 0 Å². The van der Waals surface area contributed by atoms with Crippen LogP contribution in [-0.2, 0) is 0 Å². The Balaban J connectivity index is 2.12. The molecule has 0 atom stereocenters. The molecule has 1 aliphatic rings. The van der Waals surface area contributed by atoms with Crippen LogP contribution in [0.5, 0.6) is 0 Å². The van der Waals surface area contributed by atoms with E-state index in [1.165, 1.54) is 18.4 Å². The molecule has 0 radical (unpaired) electrons. The normalized spacial score (nSPS) is 15.6. The van der Waals surface area contributed by atoms with E-state index >= 15 is 0 Å². The number of carbonyl (C=O) groups excluding carboxylic acids is 1. The fourth-order valence-electron chi connectivity index (χ4n) is 3.10. The van der Waals surface area contributed by atoms with Gasteiger partial charge < -0.3 is 10.6 Å². The van der Waals surface area contributed by atoms with Gasteiger partial charge in [0.15, 0.2) is 0 Å². The molecule has 0 saturated heterocycles. The molecule has 0 heterocycles. The SMILES string of the molecule is CC(C)c1ccc(C(=O)N(CCCN)C2CCCC2)cc1. The van der Waals surface area contributed by atoms with E-state index in [-0.39, 0.29) is 5.91 Å². The van der Waals surface area contributed by atoms with Crippen LogP contribution in [0, 0.1) is 0 Å². The monoisotopic (exact) mass is 288 g/mol. The maximum Gasteiger partial charge on any atom is 0.254 e. The first-order valence-corrected chi connectivity index (χ1v) is 8.24. The van der Waals surface area contributed by atoms with Crippen LogP contribution in [0.1, 0.15) is 67.8 Å². The Morgan fingerprint density at radius 1 is 1.24 bits per heavy atom. The highest BCUT2D eigenvalue weighted by Gasteiger charge is 2.26. The second-order valence-corrected chi connectivity index (χ2v) is 6.36. The van der Waals surface area contributed by atoms with Crippen molar-refractivity contribution in [1.29, 1.82) is 0 Å². The molecule has 1 amide bonds. The molecule has 1 aromatic carbocycles. The molecule has 1 fully saturated rings. The number of amides is 1. The van der Waals surface area contributed by atoms with Crippen molar-refractivity contribution in [2.24, 2.45) is 5.73 Å². The summed E-state index contributed by atoms with van der Waals surface area (Å²) in [6.07, 6.45) is 5.64. The molecular formula is C18H28N2O. The Morgan fingerprint density at radius 3 is 2.38 bits per heavy atom. The Labute approximate surface area is 128 Å². The van der Waals surface area contributed by atoms with Crippen LogP contribution in [0.4, 0.5) is 0 Å². The third-order valence-corrected chi connectivity index (χ3v) is 4.45. The first kappa shape index (κ1) is 16.0. The summed E-state index contributed by atoms with van der Waals surface area (Å²) in [6.45, 7) is 5.76. The molecule has 2 rings (SSSR count). The van der Waals surface area contributed by atoms with Gasteiger partial charge in [-0.15, -0.1) is 0 Å². The highest BCUT2D eigenvalue weighted by Crippen LogP contribution is 2.25. The van der Waals surface area contributed by atoms with Gasteiger partial charge in [0.1, 0.15) is 0 Å². The zero-order valence-electron chi connectivity index (χ0n) is 13.3. The maximum absolute atomic E-state index is 12.8. The van der Waals surface area contributed by atoms with Gasteiger partial charge in [-0.2, -0.15) is 0 Å². The average molecular weight is 288 g/mol. The largest absolute Gasteiger partial charge is 0.336 e. The lowest BCUT2D eigenvalue weighted by Gasteiger charge is -2.29. The summed E-state index contributed by atoms with van der Waals surface area (Å²) in [7, 11) is 0. The molecule has 3 heteroatoms. The lowest BCUT2D eigenvalue weighted by atomic mass is 10.0. The quantitative estimate of drug-likeness (QED) is 0.870. The van der Waals surface area contributed by atoms with Gasteiger partial charge in [-0.05, 0) is 49.4 Å². The van der Waals surface area contributed by atoms with Crippen molar-refractivity contribution in [1.82, 2.24) is 4.90 Å². The summed E-state index contributed by atoms with van der Waals surface area (Å²) in [5.41, 5.74) is 7.72. The molecule has 0 spiro atoms. The number of benzene rings is 1. The predicted molar refractivity (Wildman–Crippen MR) is 87.5 cm³/mol. The molecule has 0 aromatic heterocycles. The summed E-state index contributed by atoms with van der Waals surface area (Å²) in [5.74, 6) is 0.669. The highest BCUT2D eigenvalue weighted by atomic mass is 16.2. The summed E-state index contributed by atoms with van der Waals surface area (Å²) in [6, 6.07) is 8.51. The van der Waals surface area contributed by atoms with Gasteiger partial charge in [0.25, 0.3) is 5.91 Å². The maximum atomic E-state index is 12.8. The van der Waals surface area contributed by atoms with Crippen molar-refractivity contribution in [3.8, 4) is 0 Å². The molecule has 3 nitrogen and oxygen atoms in total. The van der Waals surface area contributed by atoms with E-state index < -0.39 is 0 Å². The van der Waals surface area contributed by atoms with Crippen molar-refractivity contribution in [3.05, 3.63) is 35.4 Å². The summed E-state index contributed by atoms with van der Waals surface area (Å²) in [4.78, 5) is 14.9. The number of rotatable bonds is 6. The molecule has 0 unspecified atom stereocenters. The number of nitrogens with zero attached hydrogens (tertiary/aromatic N) is 1. The number of nitrogens with two attached hydrogens (primary N) is 1. The Bertz CT molecular complexity index is 447. The van der Waals surface area contributed by atoms with E-state index in [1.54, 1.807) is 0 Å². The molecule has 1 aliphatic carbocycles. The van der Waals surface area contributed by atoms with Gasteiger partial charge in [-0.25, -0.2) is 0 Å². The lowest BCUT2D eigenvalue weighted by Crippen LogP contribution is -2.40. The van der Waals surface area contributed by atoms with Gasteiger partial charge in [-0.3, -0.25) is 4.79 Å². The van der Waals surface area contributed by atoms with E-state index in [9.17, 15) is 4.79 Å². The number of hydrogen-bond donors (Lipinski definition) is 1. The fraction of sp³-hybridized carbons (Fsp3) is 0.611. The zero-order chi connectivity index (χ0) is 15.2. The second-order valence-electron chi connectivity index (χ2n) is 6.36. The van der Waals surface area contributed by atoms with Crippen LogP contribution in [0.25, 0.3) is 0 Å². The average Bonchev–Trinajstić information content (AvgIpc) is 3.01. The molecule has 116 valence electrons. The smallest absolute Gasteiger partial charge is 0.254 e.